The first-order chi connectivity index (χ1) is 35.2. The average Bonchev–Trinajstić information content (AvgIpc) is 3.38. The summed E-state index contributed by atoms with van der Waals surface area (Å²) in [5.74, 6) is -0.203. The molecule has 6 N–H and O–H groups in total. The molecule has 1 fully saturated rings. The third kappa shape index (κ3) is 40.2. The van der Waals surface area contributed by atoms with Gasteiger partial charge in [-0.05, 0) is 70.6 Å². The molecule has 0 bridgehead atoms. The monoisotopic (exact) mass is 1020 g/mol. The molecule has 422 valence electrons. The Balaban J connectivity index is 2.01. The van der Waals surface area contributed by atoms with Gasteiger partial charge in [0.15, 0.2) is 6.29 Å². The summed E-state index contributed by atoms with van der Waals surface area (Å²) in [4.78, 5) is 25.0. The van der Waals surface area contributed by atoms with Crippen molar-refractivity contribution in [2.45, 2.75) is 320 Å². The van der Waals surface area contributed by atoms with Crippen LogP contribution in [0.1, 0.15) is 277 Å². The second-order valence-corrected chi connectivity index (χ2v) is 21.0. The Labute approximate surface area is 441 Å². The number of amides is 1. The molecule has 1 heterocycles. The zero-order chi connectivity index (χ0) is 52.4. The molecule has 0 saturated carbocycles. The van der Waals surface area contributed by atoms with Gasteiger partial charge in [0.05, 0.1) is 32.0 Å². The van der Waals surface area contributed by atoms with Crippen molar-refractivity contribution in [2.24, 2.45) is 0 Å². The van der Waals surface area contributed by atoms with Crippen molar-refractivity contribution in [3.63, 3.8) is 0 Å². The summed E-state index contributed by atoms with van der Waals surface area (Å²) >= 11 is 0. The maximum Gasteiger partial charge on any atom is 0.305 e. The van der Waals surface area contributed by atoms with Crippen LogP contribution in [0.4, 0.5) is 0 Å². The number of rotatable bonds is 52. The van der Waals surface area contributed by atoms with E-state index >= 15 is 0 Å². The summed E-state index contributed by atoms with van der Waals surface area (Å²) in [7, 11) is 0. The number of ether oxygens (including phenoxy) is 3. The second kappa shape index (κ2) is 51.0. The molecule has 11 heteroatoms. The number of aliphatic hydroxyl groups excluding tert-OH is 5. The standard InChI is InChI=1S/C61H113NO10/c1-3-5-7-9-11-13-14-25-29-33-37-41-45-49-57(66)70-50-46-42-38-34-30-27-24-22-20-18-16-15-17-19-21-23-26-28-32-36-40-44-48-56(65)62-53(54(64)47-43-39-35-31-12-10-8-6-4-2)52-71-61-60(69)59(68)58(67)55(51-63)72-61/h12,17,19,31,43,47,53-55,58-61,63-64,67-69H,3-11,13-16,18,20-30,32-42,44-46,48-52H2,1-2H3,(H,62,65)/b19-17-,31-12+,47-43+. The van der Waals surface area contributed by atoms with Gasteiger partial charge in [-0.3, -0.25) is 9.59 Å². The fraction of sp³-hybridized carbons (Fsp3) is 0.869. The van der Waals surface area contributed by atoms with Crippen LogP contribution in [-0.2, 0) is 23.8 Å². The highest BCUT2D eigenvalue weighted by Crippen LogP contribution is 2.23. The summed E-state index contributed by atoms with van der Waals surface area (Å²) < 4.78 is 16.7. The summed E-state index contributed by atoms with van der Waals surface area (Å²) in [6.45, 7) is 4.27. The molecular formula is C61H113NO10. The van der Waals surface area contributed by atoms with Crippen LogP contribution in [0.2, 0.25) is 0 Å². The number of aliphatic hydroxyl groups is 5. The number of carbonyl (C=O) groups excluding carboxylic acids is 2. The van der Waals surface area contributed by atoms with Crippen molar-refractivity contribution in [1.29, 1.82) is 0 Å². The van der Waals surface area contributed by atoms with Crippen molar-refractivity contribution in [1.82, 2.24) is 5.32 Å². The summed E-state index contributed by atoms with van der Waals surface area (Å²) in [6, 6.07) is -0.831. The Kier molecular flexibility index (Phi) is 48.1. The summed E-state index contributed by atoms with van der Waals surface area (Å²) in [5.41, 5.74) is 0. The van der Waals surface area contributed by atoms with Gasteiger partial charge in [0.25, 0.3) is 0 Å². The van der Waals surface area contributed by atoms with Crippen LogP contribution in [0, 0.1) is 0 Å². The van der Waals surface area contributed by atoms with Crippen molar-refractivity contribution in [3.8, 4) is 0 Å². The maximum atomic E-state index is 13.0. The topological polar surface area (TPSA) is 175 Å². The van der Waals surface area contributed by atoms with E-state index in [9.17, 15) is 35.1 Å². The lowest BCUT2D eigenvalue weighted by Gasteiger charge is -2.40. The Bertz CT molecular complexity index is 1290. The van der Waals surface area contributed by atoms with Crippen LogP contribution in [0.3, 0.4) is 0 Å². The molecular weight excluding hydrogens is 907 g/mol. The third-order valence-corrected chi connectivity index (χ3v) is 14.2. The van der Waals surface area contributed by atoms with Gasteiger partial charge >= 0.3 is 5.97 Å². The molecule has 0 aliphatic carbocycles. The molecule has 72 heavy (non-hydrogen) atoms. The summed E-state index contributed by atoms with van der Waals surface area (Å²) in [6.07, 6.45) is 52.6. The van der Waals surface area contributed by atoms with Crippen LogP contribution < -0.4 is 5.32 Å². The molecule has 0 aromatic heterocycles. The molecule has 11 nitrogen and oxygen atoms in total. The quantitative estimate of drug-likeness (QED) is 0.0195. The van der Waals surface area contributed by atoms with E-state index in [-0.39, 0.29) is 18.5 Å². The summed E-state index contributed by atoms with van der Waals surface area (Å²) in [5, 5.41) is 54.1. The molecule has 1 amide bonds. The fourth-order valence-corrected chi connectivity index (χ4v) is 9.39. The van der Waals surface area contributed by atoms with Crippen molar-refractivity contribution < 1.29 is 49.3 Å². The second-order valence-electron chi connectivity index (χ2n) is 21.0. The maximum absolute atomic E-state index is 13.0. The first-order valence-corrected chi connectivity index (χ1v) is 30.3. The number of carbonyl (C=O) groups is 2. The van der Waals surface area contributed by atoms with Crippen LogP contribution in [-0.4, -0.2) is 100 Å². The predicted molar refractivity (Wildman–Crippen MR) is 297 cm³/mol. The van der Waals surface area contributed by atoms with Gasteiger partial charge in [-0.2, -0.15) is 0 Å². The third-order valence-electron chi connectivity index (χ3n) is 14.2. The van der Waals surface area contributed by atoms with E-state index in [1.165, 1.54) is 180 Å². The molecule has 1 aliphatic heterocycles. The van der Waals surface area contributed by atoms with Crippen LogP contribution in [0.25, 0.3) is 0 Å². The molecule has 0 spiro atoms. The SMILES string of the molecule is CCCCC/C=C/CC/C=C/C(O)C(COC1OC(CO)C(O)C(O)C1O)NC(=O)CCCCCCCCC/C=C\CCCCCCCCCCCCCOC(=O)CCCCCCCCCCCCCCC. The van der Waals surface area contributed by atoms with Gasteiger partial charge in [0.2, 0.25) is 5.91 Å². The van der Waals surface area contributed by atoms with Crippen LogP contribution in [0.5, 0.6) is 0 Å². The van der Waals surface area contributed by atoms with E-state index < -0.39 is 49.5 Å². The number of allylic oxidation sites excluding steroid dienone is 5. The Morgan fingerprint density at radius 2 is 0.903 bits per heavy atom. The highest BCUT2D eigenvalue weighted by molar-refractivity contribution is 5.76. The van der Waals surface area contributed by atoms with E-state index in [2.05, 4.69) is 43.5 Å². The number of esters is 1. The molecule has 7 atom stereocenters. The lowest BCUT2D eigenvalue weighted by Crippen LogP contribution is -2.60. The number of hydrogen-bond donors (Lipinski definition) is 6. The first kappa shape index (κ1) is 67.9. The number of nitrogens with one attached hydrogen (secondary N) is 1. The number of unbranched alkanes of at least 4 members (excludes halogenated alkanes) is 34. The van der Waals surface area contributed by atoms with Crippen molar-refractivity contribution >= 4 is 11.9 Å². The van der Waals surface area contributed by atoms with E-state index in [4.69, 9.17) is 14.2 Å². The normalized spacial score (nSPS) is 19.2. The molecule has 1 aliphatic rings. The molecule has 1 saturated heterocycles. The van der Waals surface area contributed by atoms with E-state index in [0.717, 1.165) is 70.6 Å². The zero-order valence-corrected chi connectivity index (χ0v) is 46.4. The zero-order valence-electron chi connectivity index (χ0n) is 46.4. The molecule has 0 aromatic carbocycles. The fourth-order valence-electron chi connectivity index (χ4n) is 9.39. The lowest BCUT2D eigenvalue weighted by molar-refractivity contribution is -0.302. The largest absolute Gasteiger partial charge is 0.466 e. The highest BCUT2D eigenvalue weighted by atomic mass is 16.7. The first-order valence-electron chi connectivity index (χ1n) is 30.3. The van der Waals surface area contributed by atoms with E-state index in [1.807, 2.05) is 6.08 Å². The Hall–Kier alpha value is -2.12. The minimum absolute atomic E-state index is 0.00173. The molecule has 0 radical (unpaired) electrons. The van der Waals surface area contributed by atoms with Crippen LogP contribution in [0.15, 0.2) is 36.5 Å². The molecule has 7 unspecified atom stereocenters. The predicted octanol–water partition coefficient (Wildman–Crippen LogP) is 13.9. The van der Waals surface area contributed by atoms with Gasteiger partial charge in [0, 0.05) is 12.8 Å². The minimum atomic E-state index is -1.58. The van der Waals surface area contributed by atoms with Gasteiger partial charge in [-0.1, -0.05) is 230 Å². The van der Waals surface area contributed by atoms with Gasteiger partial charge in [-0.25, -0.2) is 0 Å². The van der Waals surface area contributed by atoms with Gasteiger partial charge < -0.3 is 45.1 Å². The van der Waals surface area contributed by atoms with E-state index in [1.54, 1.807) is 6.08 Å². The van der Waals surface area contributed by atoms with Gasteiger partial charge in [0.1, 0.15) is 24.4 Å². The van der Waals surface area contributed by atoms with Crippen molar-refractivity contribution in [2.75, 3.05) is 19.8 Å². The minimum Gasteiger partial charge on any atom is -0.466 e. The van der Waals surface area contributed by atoms with E-state index in [0.29, 0.717) is 19.4 Å². The smallest absolute Gasteiger partial charge is 0.305 e. The average molecular weight is 1020 g/mol. The lowest BCUT2D eigenvalue weighted by atomic mass is 9.99. The molecule has 1 rings (SSSR count). The molecule has 0 aromatic rings. The van der Waals surface area contributed by atoms with Crippen LogP contribution >= 0.6 is 0 Å². The highest BCUT2D eigenvalue weighted by Gasteiger charge is 2.44. The van der Waals surface area contributed by atoms with Crippen molar-refractivity contribution in [3.05, 3.63) is 36.5 Å². The Morgan fingerprint density at radius 1 is 0.500 bits per heavy atom. The van der Waals surface area contributed by atoms with Gasteiger partial charge in [-0.15, -0.1) is 0 Å². The Morgan fingerprint density at radius 3 is 1.40 bits per heavy atom. The number of hydrogen-bond acceptors (Lipinski definition) is 10.